The predicted molar refractivity (Wildman–Crippen MR) is 90.5 cm³/mol. The van der Waals surface area contributed by atoms with E-state index < -0.39 is 0 Å². The lowest BCUT2D eigenvalue weighted by Crippen LogP contribution is -2.38. The van der Waals surface area contributed by atoms with Gasteiger partial charge in [0.25, 0.3) is 0 Å². The fourth-order valence-corrected chi connectivity index (χ4v) is 2.77. The van der Waals surface area contributed by atoms with Crippen molar-refractivity contribution in [2.45, 2.75) is 13.0 Å². The lowest BCUT2D eigenvalue weighted by molar-refractivity contribution is 0.246. The molecule has 0 aliphatic carbocycles. The molecule has 114 valence electrons. The molecule has 3 rings (SSSR count). The molecule has 4 nitrogen and oxygen atoms in total. The van der Waals surface area contributed by atoms with Crippen LogP contribution in [-0.4, -0.2) is 26.7 Å². The van der Waals surface area contributed by atoms with E-state index in [4.69, 9.17) is 0 Å². The lowest BCUT2D eigenvalue weighted by Gasteiger charge is -2.19. The molecule has 1 N–H and O–H groups in total. The molecule has 2 aromatic rings. The minimum atomic E-state index is -0.0276. The summed E-state index contributed by atoms with van der Waals surface area (Å²) in [5, 5.41) is 3.02. The van der Waals surface area contributed by atoms with E-state index in [1.807, 2.05) is 49.3 Å². The molecule has 0 atom stereocenters. The Hall–Kier alpha value is -2.49. The summed E-state index contributed by atoms with van der Waals surface area (Å²) >= 11 is 0. The maximum absolute atomic E-state index is 12.4. The molecule has 2 aromatic carbocycles. The van der Waals surface area contributed by atoms with Crippen LogP contribution in [0.2, 0.25) is 0 Å². The SMILES string of the molecule is CN(C)c1cccc(CNC(=O)N2CCc3ccccc32)c1. The van der Waals surface area contributed by atoms with Crippen molar-refractivity contribution < 1.29 is 4.79 Å². The molecule has 2 amide bonds. The van der Waals surface area contributed by atoms with Gasteiger partial charge in [0.1, 0.15) is 0 Å². The molecular weight excluding hydrogens is 274 g/mol. The third-order valence-electron chi connectivity index (χ3n) is 4.00. The van der Waals surface area contributed by atoms with Gasteiger partial charge < -0.3 is 10.2 Å². The van der Waals surface area contributed by atoms with Gasteiger partial charge in [-0.3, -0.25) is 4.90 Å². The van der Waals surface area contributed by atoms with Gasteiger partial charge in [-0.1, -0.05) is 30.3 Å². The molecule has 1 heterocycles. The number of urea groups is 1. The van der Waals surface area contributed by atoms with Gasteiger partial charge >= 0.3 is 6.03 Å². The van der Waals surface area contributed by atoms with Gasteiger partial charge in [-0.2, -0.15) is 0 Å². The topological polar surface area (TPSA) is 35.6 Å². The summed E-state index contributed by atoms with van der Waals surface area (Å²) in [6.45, 7) is 1.29. The molecule has 0 unspecified atom stereocenters. The molecule has 4 heteroatoms. The first-order valence-electron chi connectivity index (χ1n) is 7.54. The number of anilines is 2. The molecule has 0 fully saturated rings. The molecular formula is C18H21N3O. The van der Waals surface area contributed by atoms with Gasteiger partial charge in [-0.05, 0) is 35.7 Å². The van der Waals surface area contributed by atoms with Gasteiger partial charge in [-0.15, -0.1) is 0 Å². The summed E-state index contributed by atoms with van der Waals surface area (Å²) in [5.41, 5.74) is 4.51. The predicted octanol–water partition coefficient (Wildman–Crippen LogP) is 3.02. The number of benzene rings is 2. The van der Waals surface area contributed by atoms with E-state index in [9.17, 15) is 4.79 Å². The number of fused-ring (bicyclic) bond motifs is 1. The minimum absolute atomic E-state index is 0.0276. The number of hydrogen-bond acceptors (Lipinski definition) is 2. The molecule has 0 saturated carbocycles. The largest absolute Gasteiger partial charge is 0.378 e. The zero-order valence-electron chi connectivity index (χ0n) is 13.0. The van der Waals surface area contributed by atoms with Crippen LogP contribution in [0.25, 0.3) is 0 Å². The summed E-state index contributed by atoms with van der Waals surface area (Å²) in [6.07, 6.45) is 0.930. The number of nitrogens with one attached hydrogen (secondary N) is 1. The molecule has 0 saturated heterocycles. The second kappa shape index (κ2) is 6.10. The summed E-state index contributed by atoms with van der Waals surface area (Å²) in [7, 11) is 4.03. The van der Waals surface area contributed by atoms with Crippen LogP contribution in [0.15, 0.2) is 48.5 Å². The highest BCUT2D eigenvalue weighted by Gasteiger charge is 2.23. The molecule has 0 spiro atoms. The Kier molecular flexibility index (Phi) is 4.00. The van der Waals surface area contributed by atoms with Crippen molar-refractivity contribution in [3.8, 4) is 0 Å². The molecule has 1 aliphatic heterocycles. The van der Waals surface area contributed by atoms with Crippen molar-refractivity contribution in [3.05, 3.63) is 59.7 Å². The minimum Gasteiger partial charge on any atom is -0.378 e. The maximum atomic E-state index is 12.4. The first kappa shape index (κ1) is 14.4. The van der Waals surface area contributed by atoms with Crippen LogP contribution in [0, 0.1) is 0 Å². The second-order valence-corrected chi connectivity index (χ2v) is 5.75. The van der Waals surface area contributed by atoms with E-state index in [1.54, 1.807) is 0 Å². The van der Waals surface area contributed by atoms with Crippen LogP contribution in [0.3, 0.4) is 0 Å². The fourth-order valence-electron chi connectivity index (χ4n) is 2.77. The fraction of sp³-hybridized carbons (Fsp3) is 0.278. The first-order valence-corrected chi connectivity index (χ1v) is 7.54. The highest BCUT2D eigenvalue weighted by molar-refractivity contribution is 5.94. The smallest absolute Gasteiger partial charge is 0.322 e. The van der Waals surface area contributed by atoms with Crippen LogP contribution in [-0.2, 0) is 13.0 Å². The Morgan fingerprint density at radius 3 is 2.82 bits per heavy atom. The number of hydrogen-bond donors (Lipinski definition) is 1. The van der Waals surface area contributed by atoms with Gasteiger partial charge in [-0.25, -0.2) is 4.79 Å². The zero-order valence-corrected chi connectivity index (χ0v) is 13.0. The van der Waals surface area contributed by atoms with Crippen molar-refractivity contribution >= 4 is 17.4 Å². The Morgan fingerprint density at radius 2 is 2.00 bits per heavy atom. The van der Waals surface area contributed by atoms with Crippen molar-refractivity contribution in [2.24, 2.45) is 0 Å². The number of amides is 2. The Labute approximate surface area is 131 Å². The van der Waals surface area contributed by atoms with Crippen molar-refractivity contribution in [2.75, 3.05) is 30.4 Å². The third-order valence-corrected chi connectivity index (χ3v) is 4.00. The average molecular weight is 295 g/mol. The Balaban J connectivity index is 1.65. The van der Waals surface area contributed by atoms with Crippen LogP contribution >= 0.6 is 0 Å². The van der Waals surface area contributed by atoms with E-state index in [0.717, 1.165) is 29.9 Å². The van der Waals surface area contributed by atoms with E-state index in [-0.39, 0.29) is 6.03 Å². The first-order chi connectivity index (χ1) is 10.6. The van der Waals surface area contributed by atoms with Gasteiger partial charge in [0.2, 0.25) is 0 Å². The van der Waals surface area contributed by atoms with E-state index >= 15 is 0 Å². The number of carbonyl (C=O) groups is 1. The van der Waals surface area contributed by atoms with Gasteiger partial charge in [0, 0.05) is 38.6 Å². The standard InChI is InChI=1S/C18H21N3O/c1-20(2)16-8-5-6-14(12-16)13-19-18(22)21-11-10-15-7-3-4-9-17(15)21/h3-9,12H,10-11,13H2,1-2H3,(H,19,22). The van der Waals surface area contributed by atoms with Crippen LogP contribution < -0.4 is 15.1 Å². The van der Waals surface area contributed by atoms with E-state index in [1.165, 1.54) is 5.56 Å². The summed E-state index contributed by atoms with van der Waals surface area (Å²) in [4.78, 5) is 16.3. The quantitative estimate of drug-likeness (QED) is 0.944. The van der Waals surface area contributed by atoms with E-state index in [2.05, 4.69) is 28.4 Å². The maximum Gasteiger partial charge on any atom is 0.322 e. The normalized spacial score (nSPS) is 12.9. The zero-order chi connectivity index (χ0) is 15.5. The molecule has 22 heavy (non-hydrogen) atoms. The molecule has 0 aromatic heterocycles. The highest BCUT2D eigenvalue weighted by Crippen LogP contribution is 2.27. The Morgan fingerprint density at radius 1 is 1.18 bits per heavy atom. The van der Waals surface area contributed by atoms with Crippen LogP contribution in [0.5, 0.6) is 0 Å². The molecule has 0 bridgehead atoms. The van der Waals surface area contributed by atoms with Gasteiger partial charge in [0.15, 0.2) is 0 Å². The Bertz CT molecular complexity index is 682. The highest BCUT2D eigenvalue weighted by atomic mass is 16.2. The number of carbonyl (C=O) groups excluding carboxylic acids is 1. The molecule has 0 radical (unpaired) electrons. The summed E-state index contributed by atoms with van der Waals surface area (Å²) < 4.78 is 0. The second-order valence-electron chi connectivity index (χ2n) is 5.75. The van der Waals surface area contributed by atoms with Crippen LogP contribution in [0.4, 0.5) is 16.2 Å². The van der Waals surface area contributed by atoms with Crippen molar-refractivity contribution in [1.82, 2.24) is 5.32 Å². The molecule has 1 aliphatic rings. The van der Waals surface area contributed by atoms with E-state index in [0.29, 0.717) is 6.54 Å². The van der Waals surface area contributed by atoms with Crippen molar-refractivity contribution in [3.63, 3.8) is 0 Å². The monoisotopic (exact) mass is 295 g/mol. The van der Waals surface area contributed by atoms with Crippen molar-refractivity contribution in [1.29, 1.82) is 0 Å². The lowest BCUT2D eigenvalue weighted by atomic mass is 10.2. The van der Waals surface area contributed by atoms with Gasteiger partial charge in [0.05, 0.1) is 0 Å². The number of rotatable bonds is 3. The summed E-state index contributed by atoms with van der Waals surface area (Å²) in [6, 6.07) is 16.3. The number of nitrogens with zero attached hydrogens (tertiary/aromatic N) is 2. The average Bonchev–Trinajstić information content (AvgIpc) is 2.97. The summed E-state index contributed by atoms with van der Waals surface area (Å²) in [5.74, 6) is 0. The number of para-hydroxylation sites is 1. The van der Waals surface area contributed by atoms with Crippen LogP contribution in [0.1, 0.15) is 11.1 Å². The third kappa shape index (κ3) is 2.91.